The maximum Gasteiger partial charge on any atom is 0.127 e. The van der Waals surface area contributed by atoms with Gasteiger partial charge in [-0.3, -0.25) is 0 Å². The lowest BCUT2D eigenvalue weighted by Crippen LogP contribution is -3.27. The Hall–Kier alpha value is -1.14. The average molecular weight is 338 g/mol. The maximum absolute atomic E-state index is 10.1. The van der Waals surface area contributed by atoms with Crippen molar-refractivity contribution < 1.29 is 24.4 Å². The molecule has 1 fully saturated rings. The molecule has 5 nitrogen and oxygen atoms in total. The number of rotatable bonds is 9. The van der Waals surface area contributed by atoms with E-state index in [9.17, 15) is 5.11 Å². The number of ether oxygens (including phenoxy) is 2. The molecular formula is C19H34N2O3+2. The average Bonchev–Trinajstić information content (AvgIpc) is 2.57. The van der Waals surface area contributed by atoms with Crippen LogP contribution in [0.1, 0.15) is 25.3 Å². The summed E-state index contributed by atoms with van der Waals surface area (Å²) in [4.78, 5) is 3.07. The summed E-state index contributed by atoms with van der Waals surface area (Å²) in [6.45, 7) is 11.2. The number of hydrogen-bond acceptors (Lipinski definition) is 3. The number of quaternary nitrogens is 2. The van der Waals surface area contributed by atoms with Crippen molar-refractivity contribution in [1.82, 2.24) is 0 Å². The maximum atomic E-state index is 10.1. The third kappa shape index (κ3) is 6.40. The Morgan fingerprint density at radius 3 is 2.50 bits per heavy atom. The van der Waals surface area contributed by atoms with Crippen molar-refractivity contribution in [2.45, 2.75) is 25.9 Å². The Bertz CT molecular complexity index is 473. The van der Waals surface area contributed by atoms with Crippen molar-refractivity contribution in [1.29, 1.82) is 0 Å². The highest BCUT2D eigenvalue weighted by Gasteiger charge is 2.22. The normalized spacial score (nSPS) is 22.5. The molecule has 0 aromatic heterocycles. The van der Waals surface area contributed by atoms with Gasteiger partial charge in [-0.15, -0.1) is 0 Å². The molecule has 1 heterocycles. The van der Waals surface area contributed by atoms with Gasteiger partial charge in [-0.1, -0.05) is 32.0 Å². The van der Waals surface area contributed by atoms with Crippen LogP contribution in [0.15, 0.2) is 24.3 Å². The first-order valence-corrected chi connectivity index (χ1v) is 9.18. The molecular weight excluding hydrogens is 304 g/mol. The summed E-state index contributed by atoms with van der Waals surface area (Å²) >= 11 is 0. The van der Waals surface area contributed by atoms with E-state index >= 15 is 0 Å². The van der Waals surface area contributed by atoms with Crippen molar-refractivity contribution in [3.63, 3.8) is 0 Å². The molecule has 0 radical (unpaired) electrons. The molecule has 1 saturated heterocycles. The number of piperazine rings is 1. The molecule has 24 heavy (non-hydrogen) atoms. The molecule has 0 unspecified atom stereocenters. The number of hydrogen-bond donors (Lipinski definition) is 3. The number of para-hydroxylation sites is 1. The molecule has 1 aliphatic rings. The first-order valence-electron chi connectivity index (χ1n) is 9.18. The van der Waals surface area contributed by atoms with Crippen molar-refractivity contribution in [2.24, 2.45) is 0 Å². The van der Waals surface area contributed by atoms with E-state index in [1.54, 1.807) is 4.90 Å². The molecule has 1 aromatic carbocycles. The van der Waals surface area contributed by atoms with Crippen LogP contribution in [0, 0.1) is 0 Å². The summed E-state index contributed by atoms with van der Waals surface area (Å²) < 4.78 is 11.4. The molecule has 136 valence electrons. The Morgan fingerprint density at radius 2 is 1.79 bits per heavy atom. The largest absolute Gasteiger partial charge is 0.491 e. The van der Waals surface area contributed by atoms with Crippen LogP contribution in [-0.2, 0) is 4.74 Å². The highest BCUT2D eigenvalue weighted by Crippen LogP contribution is 2.25. The van der Waals surface area contributed by atoms with Gasteiger partial charge in [0.15, 0.2) is 0 Å². The fraction of sp³-hybridized carbons (Fsp3) is 0.684. The van der Waals surface area contributed by atoms with E-state index in [4.69, 9.17) is 9.47 Å². The minimum absolute atomic E-state index is 0.388. The fourth-order valence-electron chi connectivity index (χ4n) is 3.15. The van der Waals surface area contributed by atoms with Crippen LogP contribution in [0.3, 0.4) is 0 Å². The number of benzene rings is 1. The van der Waals surface area contributed by atoms with E-state index < -0.39 is 0 Å². The zero-order valence-corrected chi connectivity index (χ0v) is 15.4. The molecule has 0 saturated carbocycles. The van der Waals surface area contributed by atoms with Crippen LogP contribution in [-0.4, -0.2) is 70.8 Å². The van der Waals surface area contributed by atoms with Crippen molar-refractivity contribution in [2.75, 3.05) is 59.6 Å². The highest BCUT2D eigenvalue weighted by molar-refractivity contribution is 5.35. The van der Waals surface area contributed by atoms with Gasteiger partial charge in [0.05, 0.1) is 20.3 Å². The Kier molecular flexibility index (Phi) is 7.99. The van der Waals surface area contributed by atoms with Gasteiger partial charge in [-0.25, -0.2) is 0 Å². The van der Waals surface area contributed by atoms with Crippen LogP contribution in [0.5, 0.6) is 5.75 Å². The van der Waals surface area contributed by atoms with Crippen molar-refractivity contribution in [3.05, 3.63) is 29.8 Å². The van der Waals surface area contributed by atoms with Gasteiger partial charge in [0.1, 0.15) is 51.2 Å². The molecule has 2 rings (SSSR count). The summed E-state index contributed by atoms with van der Waals surface area (Å²) in [5.41, 5.74) is 1.22. The monoisotopic (exact) mass is 338 g/mol. The number of aliphatic hydroxyl groups excluding tert-OH is 1. The van der Waals surface area contributed by atoms with Gasteiger partial charge in [0, 0.05) is 0 Å². The van der Waals surface area contributed by atoms with E-state index in [0.29, 0.717) is 25.7 Å². The van der Waals surface area contributed by atoms with Crippen molar-refractivity contribution >= 4 is 0 Å². The number of nitrogens with one attached hydrogen (secondary N) is 2. The van der Waals surface area contributed by atoms with E-state index in [-0.39, 0.29) is 6.10 Å². The van der Waals surface area contributed by atoms with E-state index in [1.165, 1.54) is 23.6 Å². The zero-order chi connectivity index (χ0) is 17.4. The predicted molar refractivity (Wildman–Crippen MR) is 95.0 cm³/mol. The molecule has 1 aromatic rings. The molecule has 0 amide bonds. The summed E-state index contributed by atoms with van der Waals surface area (Å²) in [6.07, 6.45) is -0.388. The second-order valence-corrected chi connectivity index (χ2v) is 7.18. The third-order valence-corrected chi connectivity index (χ3v) is 4.67. The molecule has 0 aliphatic carbocycles. The summed E-state index contributed by atoms with van der Waals surface area (Å²) in [5.74, 6) is 1.37. The van der Waals surface area contributed by atoms with Gasteiger partial charge < -0.3 is 24.4 Å². The van der Waals surface area contributed by atoms with Gasteiger partial charge in [0.25, 0.3) is 0 Å². The Labute approximate surface area is 146 Å². The predicted octanol–water partition coefficient (Wildman–Crippen LogP) is -1.02. The number of aliphatic hydroxyl groups is 1. The van der Waals surface area contributed by atoms with Gasteiger partial charge in [-0.2, -0.15) is 0 Å². The van der Waals surface area contributed by atoms with Crippen LogP contribution < -0.4 is 14.5 Å². The minimum atomic E-state index is -0.388. The summed E-state index contributed by atoms with van der Waals surface area (Å²) in [5, 5.41) is 10.1. The van der Waals surface area contributed by atoms with Crippen LogP contribution in [0.2, 0.25) is 0 Å². The van der Waals surface area contributed by atoms with Crippen molar-refractivity contribution in [3.8, 4) is 5.75 Å². The van der Waals surface area contributed by atoms with E-state index in [0.717, 1.165) is 25.4 Å². The standard InChI is InChI=1S/C19H32N2O3/c1-16(2)18-6-4-5-7-19(18)24-13-12-23-15-17(22)14-21-10-8-20(3)9-11-21/h4-7,16-17,22H,8-15H2,1-3H3/p+2/t17-/m0/s1. The van der Waals surface area contributed by atoms with Crippen LogP contribution >= 0.6 is 0 Å². The lowest BCUT2D eigenvalue weighted by molar-refractivity contribution is -1.00. The van der Waals surface area contributed by atoms with E-state index in [2.05, 4.69) is 27.0 Å². The topological polar surface area (TPSA) is 47.6 Å². The molecule has 0 spiro atoms. The fourth-order valence-corrected chi connectivity index (χ4v) is 3.15. The van der Waals surface area contributed by atoms with Crippen LogP contribution in [0.4, 0.5) is 0 Å². The Morgan fingerprint density at radius 1 is 1.08 bits per heavy atom. The summed E-state index contributed by atoms with van der Waals surface area (Å²) in [6, 6.07) is 8.14. The van der Waals surface area contributed by atoms with Crippen LogP contribution in [0.25, 0.3) is 0 Å². The second kappa shape index (κ2) is 9.99. The number of likely N-dealkylation sites (N-methyl/N-ethyl adjacent to an activating group) is 1. The first-order chi connectivity index (χ1) is 11.6. The molecule has 1 atom stereocenters. The van der Waals surface area contributed by atoms with Gasteiger partial charge >= 0.3 is 0 Å². The third-order valence-electron chi connectivity index (χ3n) is 4.67. The first kappa shape index (κ1) is 19.2. The minimum Gasteiger partial charge on any atom is -0.491 e. The molecule has 5 heteroatoms. The van der Waals surface area contributed by atoms with Gasteiger partial charge in [0.2, 0.25) is 0 Å². The second-order valence-electron chi connectivity index (χ2n) is 7.18. The lowest BCUT2D eigenvalue weighted by atomic mass is 10.0. The quantitative estimate of drug-likeness (QED) is 0.505. The Balaban J connectivity index is 1.59. The lowest BCUT2D eigenvalue weighted by Gasteiger charge is -2.28. The zero-order valence-electron chi connectivity index (χ0n) is 15.4. The molecule has 1 aliphatic heterocycles. The van der Waals surface area contributed by atoms with Gasteiger partial charge in [-0.05, 0) is 17.5 Å². The SMILES string of the molecule is CC(C)c1ccccc1OCCOC[C@@H](O)C[NH+]1CC[NH+](C)CC1. The molecule has 3 N–H and O–H groups in total. The smallest absolute Gasteiger partial charge is 0.127 e. The highest BCUT2D eigenvalue weighted by atomic mass is 16.5. The summed E-state index contributed by atoms with van der Waals surface area (Å²) in [7, 11) is 2.23. The van der Waals surface area contributed by atoms with E-state index in [1.807, 2.05) is 18.2 Å². The molecule has 0 bridgehead atoms.